The molecule has 5 heteroatoms. The molecule has 0 unspecified atom stereocenters. The average molecular weight is 331 g/mol. The summed E-state index contributed by atoms with van der Waals surface area (Å²) < 4.78 is 6.71. The standard InChI is InChI=1S/C15H11BrN2O2/c16-11-4-1-3-10-9(11)7-8-18-15(10)20-13-6-2-5-12(19)14(13)17/h1-8,19H,17H2. The maximum Gasteiger partial charge on any atom is 0.227 e. The van der Waals surface area contributed by atoms with E-state index in [2.05, 4.69) is 20.9 Å². The SMILES string of the molecule is Nc1c(O)cccc1Oc1nccc2c(Br)cccc12. The fraction of sp³-hybridized carbons (Fsp3) is 0. The molecule has 0 spiro atoms. The molecule has 100 valence electrons. The Morgan fingerprint density at radius 2 is 1.85 bits per heavy atom. The fourth-order valence-corrected chi connectivity index (χ4v) is 2.45. The molecule has 1 aromatic heterocycles. The molecule has 0 atom stereocenters. The first-order valence-corrected chi connectivity index (χ1v) is 6.74. The van der Waals surface area contributed by atoms with Crippen LogP contribution < -0.4 is 10.5 Å². The molecule has 0 bridgehead atoms. The van der Waals surface area contributed by atoms with Crippen molar-refractivity contribution in [1.29, 1.82) is 0 Å². The van der Waals surface area contributed by atoms with Crippen LogP contribution in [-0.2, 0) is 0 Å². The predicted octanol–water partition coefficient (Wildman–Crippen LogP) is 4.08. The van der Waals surface area contributed by atoms with Gasteiger partial charge in [0.1, 0.15) is 11.4 Å². The lowest BCUT2D eigenvalue weighted by Gasteiger charge is -2.11. The minimum Gasteiger partial charge on any atom is -0.506 e. The minimum absolute atomic E-state index is 0.0103. The zero-order valence-electron chi connectivity index (χ0n) is 10.4. The Bertz CT molecular complexity index is 790. The number of hydrogen-bond donors (Lipinski definition) is 2. The molecular weight excluding hydrogens is 320 g/mol. The zero-order chi connectivity index (χ0) is 14.1. The van der Waals surface area contributed by atoms with Gasteiger partial charge in [0.2, 0.25) is 5.88 Å². The zero-order valence-corrected chi connectivity index (χ0v) is 12.0. The van der Waals surface area contributed by atoms with E-state index in [0.717, 1.165) is 15.2 Å². The van der Waals surface area contributed by atoms with Crippen LogP contribution in [0.15, 0.2) is 53.1 Å². The number of hydrogen-bond acceptors (Lipinski definition) is 4. The lowest BCUT2D eigenvalue weighted by Crippen LogP contribution is -1.94. The number of phenolic OH excluding ortho intramolecular Hbond substituents is 1. The molecule has 0 aliphatic carbocycles. The number of pyridine rings is 1. The molecule has 20 heavy (non-hydrogen) atoms. The molecule has 0 amide bonds. The third-order valence-electron chi connectivity index (χ3n) is 2.97. The summed E-state index contributed by atoms with van der Waals surface area (Å²) in [6.07, 6.45) is 1.67. The summed E-state index contributed by atoms with van der Waals surface area (Å²) in [6.45, 7) is 0. The van der Waals surface area contributed by atoms with Gasteiger partial charge in [0.25, 0.3) is 0 Å². The number of nitrogen functional groups attached to an aromatic ring is 1. The first-order chi connectivity index (χ1) is 9.66. The van der Waals surface area contributed by atoms with Crippen molar-refractivity contribution >= 4 is 32.4 Å². The molecule has 4 nitrogen and oxygen atoms in total. The van der Waals surface area contributed by atoms with Crippen LogP contribution in [0.3, 0.4) is 0 Å². The summed E-state index contributed by atoms with van der Waals surface area (Å²) in [7, 11) is 0. The summed E-state index contributed by atoms with van der Waals surface area (Å²) >= 11 is 3.49. The molecule has 0 saturated heterocycles. The summed E-state index contributed by atoms with van der Waals surface area (Å²) in [6, 6.07) is 12.5. The molecule has 0 saturated carbocycles. The summed E-state index contributed by atoms with van der Waals surface area (Å²) in [5, 5.41) is 11.5. The number of anilines is 1. The molecule has 0 radical (unpaired) electrons. The number of ether oxygens (including phenoxy) is 1. The van der Waals surface area contributed by atoms with Crippen molar-refractivity contribution < 1.29 is 9.84 Å². The Balaban J connectivity index is 2.12. The number of nitrogens with zero attached hydrogens (tertiary/aromatic N) is 1. The topological polar surface area (TPSA) is 68.4 Å². The quantitative estimate of drug-likeness (QED) is 0.548. The minimum atomic E-state index is -0.0103. The van der Waals surface area contributed by atoms with Crippen molar-refractivity contribution in [3.63, 3.8) is 0 Å². The van der Waals surface area contributed by atoms with Crippen molar-refractivity contribution in [1.82, 2.24) is 4.98 Å². The van der Waals surface area contributed by atoms with Gasteiger partial charge in [-0.3, -0.25) is 0 Å². The number of fused-ring (bicyclic) bond motifs is 1. The molecule has 3 N–H and O–H groups in total. The maximum atomic E-state index is 9.60. The third-order valence-corrected chi connectivity index (χ3v) is 3.66. The second-order valence-electron chi connectivity index (χ2n) is 4.24. The highest BCUT2D eigenvalue weighted by Gasteiger charge is 2.10. The van der Waals surface area contributed by atoms with Gasteiger partial charge in [0, 0.05) is 21.4 Å². The monoisotopic (exact) mass is 330 g/mol. The number of halogens is 1. The van der Waals surface area contributed by atoms with Crippen molar-refractivity contribution in [3.8, 4) is 17.4 Å². The van der Waals surface area contributed by atoms with Crippen LogP contribution in [-0.4, -0.2) is 10.1 Å². The third kappa shape index (κ3) is 2.16. The van der Waals surface area contributed by atoms with Gasteiger partial charge in [-0.2, -0.15) is 0 Å². The highest BCUT2D eigenvalue weighted by molar-refractivity contribution is 9.10. The van der Waals surface area contributed by atoms with Gasteiger partial charge in [-0.1, -0.05) is 28.1 Å². The number of phenols is 1. The number of aromatic nitrogens is 1. The molecule has 0 aliphatic rings. The van der Waals surface area contributed by atoms with E-state index in [4.69, 9.17) is 10.5 Å². The Labute approximate surface area is 124 Å². The average Bonchev–Trinajstić information content (AvgIpc) is 2.45. The highest BCUT2D eigenvalue weighted by Crippen LogP contribution is 2.36. The number of rotatable bonds is 2. The predicted molar refractivity (Wildman–Crippen MR) is 82.0 cm³/mol. The second-order valence-corrected chi connectivity index (χ2v) is 5.10. The van der Waals surface area contributed by atoms with E-state index in [9.17, 15) is 5.11 Å². The Morgan fingerprint density at radius 1 is 1.05 bits per heavy atom. The van der Waals surface area contributed by atoms with Gasteiger partial charge in [-0.05, 0) is 30.3 Å². The highest BCUT2D eigenvalue weighted by atomic mass is 79.9. The smallest absolute Gasteiger partial charge is 0.227 e. The summed E-state index contributed by atoms with van der Waals surface area (Å²) in [5.74, 6) is 0.815. The Hall–Kier alpha value is -2.27. The first kappa shape index (κ1) is 12.7. The van der Waals surface area contributed by atoms with Crippen LogP contribution in [0, 0.1) is 0 Å². The van der Waals surface area contributed by atoms with E-state index < -0.39 is 0 Å². The lowest BCUT2D eigenvalue weighted by atomic mass is 10.2. The van der Waals surface area contributed by atoms with Crippen LogP contribution >= 0.6 is 15.9 Å². The summed E-state index contributed by atoms with van der Waals surface area (Å²) in [5.41, 5.74) is 5.99. The molecule has 0 fully saturated rings. The number of nitrogens with two attached hydrogens (primary N) is 1. The van der Waals surface area contributed by atoms with E-state index in [-0.39, 0.29) is 11.4 Å². The lowest BCUT2D eigenvalue weighted by molar-refractivity contribution is 0.453. The van der Waals surface area contributed by atoms with Gasteiger partial charge in [-0.25, -0.2) is 4.98 Å². The van der Waals surface area contributed by atoms with E-state index in [1.54, 1.807) is 18.3 Å². The molecule has 0 aliphatic heterocycles. The van der Waals surface area contributed by atoms with Crippen LogP contribution in [0.5, 0.6) is 17.4 Å². The fourth-order valence-electron chi connectivity index (χ4n) is 1.95. The normalized spacial score (nSPS) is 10.7. The van der Waals surface area contributed by atoms with Gasteiger partial charge < -0.3 is 15.6 Å². The molecular formula is C15H11BrN2O2. The molecule has 3 rings (SSSR count). The van der Waals surface area contributed by atoms with E-state index in [1.165, 1.54) is 6.07 Å². The summed E-state index contributed by atoms with van der Waals surface area (Å²) in [4.78, 5) is 4.23. The van der Waals surface area contributed by atoms with Crippen LogP contribution in [0.1, 0.15) is 0 Å². The van der Waals surface area contributed by atoms with Crippen LogP contribution in [0.2, 0.25) is 0 Å². The van der Waals surface area contributed by atoms with Crippen molar-refractivity contribution in [2.45, 2.75) is 0 Å². The molecule has 1 heterocycles. The number of para-hydroxylation sites is 1. The van der Waals surface area contributed by atoms with Crippen LogP contribution in [0.25, 0.3) is 10.8 Å². The van der Waals surface area contributed by atoms with Gasteiger partial charge in [0.05, 0.1) is 0 Å². The largest absolute Gasteiger partial charge is 0.506 e. The Kier molecular flexibility index (Phi) is 3.20. The first-order valence-electron chi connectivity index (χ1n) is 5.95. The Morgan fingerprint density at radius 3 is 2.70 bits per heavy atom. The van der Waals surface area contributed by atoms with Gasteiger partial charge in [-0.15, -0.1) is 0 Å². The van der Waals surface area contributed by atoms with Crippen molar-refractivity contribution in [3.05, 3.63) is 53.1 Å². The van der Waals surface area contributed by atoms with E-state index in [0.29, 0.717) is 11.6 Å². The second kappa shape index (κ2) is 5.02. The van der Waals surface area contributed by atoms with E-state index in [1.807, 2.05) is 24.3 Å². The van der Waals surface area contributed by atoms with Crippen molar-refractivity contribution in [2.24, 2.45) is 0 Å². The van der Waals surface area contributed by atoms with Crippen molar-refractivity contribution in [2.75, 3.05) is 5.73 Å². The molecule has 3 aromatic rings. The van der Waals surface area contributed by atoms with Gasteiger partial charge >= 0.3 is 0 Å². The maximum absolute atomic E-state index is 9.60. The van der Waals surface area contributed by atoms with E-state index >= 15 is 0 Å². The number of benzene rings is 2. The number of aromatic hydroxyl groups is 1. The van der Waals surface area contributed by atoms with Crippen LogP contribution in [0.4, 0.5) is 5.69 Å². The van der Waals surface area contributed by atoms with Gasteiger partial charge in [0.15, 0.2) is 5.75 Å². The molecule has 2 aromatic carbocycles.